The smallest absolute Gasteiger partial charge is 0.294 e. The van der Waals surface area contributed by atoms with Gasteiger partial charge in [-0.25, -0.2) is 5.48 Å². The van der Waals surface area contributed by atoms with Crippen molar-refractivity contribution in [3.8, 4) is 5.75 Å². The fourth-order valence-electron chi connectivity index (χ4n) is 3.65. The van der Waals surface area contributed by atoms with Crippen LogP contribution in [0.4, 0.5) is 0 Å². The molecule has 1 N–H and O–H groups in total. The van der Waals surface area contributed by atoms with E-state index in [1.165, 1.54) is 0 Å². The van der Waals surface area contributed by atoms with Crippen LogP contribution in [0.25, 0.3) is 10.8 Å². The highest BCUT2D eigenvalue weighted by molar-refractivity contribution is 5.88. The molecule has 0 radical (unpaired) electrons. The molecule has 0 unspecified atom stereocenters. The van der Waals surface area contributed by atoms with E-state index in [2.05, 4.69) is 10.3 Å². The first kappa shape index (κ1) is 23.3. The fraction of sp³-hybridized carbons (Fsp3) is 0.455. The van der Waals surface area contributed by atoms with E-state index in [0.29, 0.717) is 25.9 Å². The maximum absolute atomic E-state index is 12.5. The van der Waals surface area contributed by atoms with Gasteiger partial charge in [-0.15, -0.1) is 10.1 Å². The van der Waals surface area contributed by atoms with Gasteiger partial charge in [-0.2, -0.15) is 0 Å². The Morgan fingerprint density at radius 3 is 2.56 bits per heavy atom. The lowest BCUT2D eigenvalue weighted by atomic mass is 9.97. The third-order valence-corrected chi connectivity index (χ3v) is 5.72. The Balaban J connectivity index is 1.44. The highest BCUT2D eigenvalue weighted by Gasteiger charge is 2.24. The summed E-state index contributed by atoms with van der Waals surface area (Å²) in [5.74, 6) is -0.237. The third kappa shape index (κ3) is 6.07. The van der Waals surface area contributed by atoms with Crippen LogP contribution >= 0.6 is 0 Å². The van der Waals surface area contributed by atoms with Gasteiger partial charge < -0.3 is 14.5 Å². The first-order valence-corrected chi connectivity index (χ1v) is 10.4. The molecule has 10 nitrogen and oxygen atoms in total. The highest BCUT2D eigenvalue weighted by atomic mass is 16.9. The topological polar surface area (TPSA) is 120 Å². The Morgan fingerprint density at radius 2 is 1.88 bits per heavy atom. The van der Waals surface area contributed by atoms with E-state index >= 15 is 0 Å². The number of methoxy groups -OCH3 is 1. The van der Waals surface area contributed by atoms with Crippen molar-refractivity contribution >= 4 is 22.6 Å². The number of hydroxylamine groups is 1. The van der Waals surface area contributed by atoms with Crippen molar-refractivity contribution in [1.29, 1.82) is 0 Å². The lowest BCUT2D eigenvalue weighted by Gasteiger charge is -2.31. The number of hydrogen-bond donors (Lipinski definition) is 1. The minimum absolute atomic E-state index is 0.0434. The summed E-state index contributed by atoms with van der Waals surface area (Å²) >= 11 is 0. The van der Waals surface area contributed by atoms with Gasteiger partial charge in [0.05, 0.1) is 19.6 Å². The van der Waals surface area contributed by atoms with E-state index in [9.17, 15) is 19.7 Å². The summed E-state index contributed by atoms with van der Waals surface area (Å²) in [4.78, 5) is 46.2. The zero-order valence-electron chi connectivity index (χ0n) is 18.1. The summed E-state index contributed by atoms with van der Waals surface area (Å²) in [5, 5.41) is 11.5. The van der Waals surface area contributed by atoms with Crippen LogP contribution in [0.1, 0.15) is 31.2 Å². The molecule has 1 atom stereocenters. The standard InChI is InChI=1S/C22H27N3O7/c1-15(17-3-4-19-12-20(30-2)6-5-18(19)11-17)22(27)23-31-14-21(26)24-9-7-16(8-10-24)13-32-25(28)29/h3-6,11-12,15-16H,7-10,13-14H2,1-2H3,(H,23,27)/t15-/m0/s1. The van der Waals surface area contributed by atoms with E-state index in [1.807, 2.05) is 36.4 Å². The first-order valence-electron chi connectivity index (χ1n) is 10.4. The van der Waals surface area contributed by atoms with Gasteiger partial charge >= 0.3 is 0 Å². The number of nitrogens with one attached hydrogen (secondary N) is 1. The molecule has 1 aliphatic heterocycles. The number of ether oxygens (including phenoxy) is 1. The average molecular weight is 445 g/mol. The molecule has 0 aliphatic carbocycles. The maximum atomic E-state index is 12.5. The summed E-state index contributed by atoms with van der Waals surface area (Å²) in [5.41, 5.74) is 3.19. The van der Waals surface area contributed by atoms with Crippen molar-refractivity contribution in [2.45, 2.75) is 25.7 Å². The summed E-state index contributed by atoms with van der Waals surface area (Å²) in [6.07, 6.45) is 1.24. The second kappa shape index (κ2) is 10.8. The Morgan fingerprint density at radius 1 is 1.19 bits per heavy atom. The van der Waals surface area contributed by atoms with Crippen molar-refractivity contribution in [2.24, 2.45) is 5.92 Å². The van der Waals surface area contributed by atoms with Crippen molar-refractivity contribution in [2.75, 3.05) is 33.4 Å². The van der Waals surface area contributed by atoms with Crippen LogP contribution in [0.3, 0.4) is 0 Å². The van der Waals surface area contributed by atoms with Gasteiger partial charge in [-0.3, -0.25) is 14.4 Å². The first-order chi connectivity index (χ1) is 15.4. The number of hydrogen-bond acceptors (Lipinski definition) is 7. The molecule has 0 spiro atoms. The largest absolute Gasteiger partial charge is 0.497 e. The number of benzene rings is 2. The second-order valence-corrected chi connectivity index (χ2v) is 7.79. The summed E-state index contributed by atoms with van der Waals surface area (Å²) in [6.45, 7) is 2.48. The molecule has 0 saturated carbocycles. The number of nitrogens with zero attached hydrogens (tertiary/aromatic N) is 2. The third-order valence-electron chi connectivity index (χ3n) is 5.72. The van der Waals surface area contributed by atoms with Crippen molar-refractivity contribution in [3.05, 3.63) is 52.1 Å². The van der Waals surface area contributed by atoms with Crippen LogP contribution in [-0.4, -0.2) is 55.2 Å². The van der Waals surface area contributed by atoms with Gasteiger partial charge in [0.1, 0.15) is 5.75 Å². The molecule has 2 amide bonds. The SMILES string of the molecule is COc1ccc2cc([C@H](C)C(=O)NOCC(=O)N3CCC(CO[N+](=O)[O-])CC3)ccc2c1. The molecule has 32 heavy (non-hydrogen) atoms. The van der Waals surface area contributed by atoms with E-state index in [4.69, 9.17) is 9.57 Å². The minimum atomic E-state index is -0.801. The lowest BCUT2D eigenvalue weighted by Crippen LogP contribution is -2.42. The summed E-state index contributed by atoms with van der Waals surface area (Å²) in [7, 11) is 1.61. The Kier molecular flexibility index (Phi) is 7.82. The van der Waals surface area contributed by atoms with Crippen molar-refractivity contribution in [3.63, 3.8) is 0 Å². The van der Waals surface area contributed by atoms with Gasteiger partial charge in [0.2, 0.25) is 0 Å². The molecular formula is C22H27N3O7. The normalized spacial score (nSPS) is 15.2. The number of piperidine rings is 1. The number of likely N-dealkylation sites (tertiary alicyclic amines) is 1. The predicted molar refractivity (Wildman–Crippen MR) is 115 cm³/mol. The molecular weight excluding hydrogens is 418 g/mol. The molecule has 10 heteroatoms. The molecule has 1 saturated heterocycles. The molecule has 2 aromatic rings. The Hall–Kier alpha value is -3.40. The van der Waals surface area contributed by atoms with Gasteiger partial charge in [0.25, 0.3) is 16.9 Å². The quantitative estimate of drug-likeness (QED) is 0.465. The van der Waals surface area contributed by atoms with E-state index < -0.39 is 11.0 Å². The van der Waals surface area contributed by atoms with Crippen molar-refractivity contribution < 1.29 is 29.1 Å². The zero-order chi connectivity index (χ0) is 23.1. The minimum Gasteiger partial charge on any atom is -0.497 e. The number of rotatable bonds is 9. The highest BCUT2D eigenvalue weighted by Crippen LogP contribution is 2.25. The van der Waals surface area contributed by atoms with Gasteiger partial charge in [0, 0.05) is 13.1 Å². The van der Waals surface area contributed by atoms with Gasteiger partial charge in [-0.05, 0) is 54.2 Å². The molecule has 1 aliphatic rings. The Bertz CT molecular complexity index is 973. The van der Waals surface area contributed by atoms with Crippen LogP contribution in [0.15, 0.2) is 36.4 Å². The van der Waals surface area contributed by atoms with Crippen LogP contribution in [0, 0.1) is 16.0 Å². The zero-order valence-corrected chi connectivity index (χ0v) is 18.1. The molecule has 0 bridgehead atoms. The number of carbonyl (C=O) groups is 2. The molecule has 3 rings (SSSR count). The second-order valence-electron chi connectivity index (χ2n) is 7.79. The van der Waals surface area contributed by atoms with Crippen LogP contribution in [-0.2, 0) is 19.3 Å². The van der Waals surface area contributed by atoms with Crippen LogP contribution in [0.2, 0.25) is 0 Å². The molecule has 0 aromatic heterocycles. The number of carbonyl (C=O) groups excluding carboxylic acids is 2. The average Bonchev–Trinajstić information content (AvgIpc) is 2.81. The van der Waals surface area contributed by atoms with Crippen molar-refractivity contribution in [1.82, 2.24) is 10.4 Å². The summed E-state index contributed by atoms with van der Waals surface area (Å²) < 4.78 is 5.23. The van der Waals surface area contributed by atoms with E-state index in [-0.39, 0.29) is 30.9 Å². The molecule has 1 heterocycles. The van der Waals surface area contributed by atoms with Gasteiger partial charge in [-0.1, -0.05) is 24.3 Å². The summed E-state index contributed by atoms with van der Waals surface area (Å²) in [6, 6.07) is 11.5. The molecule has 2 aromatic carbocycles. The van der Waals surface area contributed by atoms with E-state index in [1.54, 1.807) is 18.9 Å². The molecule has 1 fully saturated rings. The predicted octanol–water partition coefficient (Wildman–Crippen LogP) is 2.45. The van der Waals surface area contributed by atoms with Crippen LogP contribution < -0.4 is 10.2 Å². The Labute approximate surface area is 185 Å². The fourth-order valence-corrected chi connectivity index (χ4v) is 3.65. The monoisotopic (exact) mass is 445 g/mol. The van der Waals surface area contributed by atoms with Crippen LogP contribution in [0.5, 0.6) is 5.75 Å². The number of amides is 2. The maximum Gasteiger partial charge on any atom is 0.294 e. The number of fused-ring (bicyclic) bond motifs is 1. The molecule has 172 valence electrons. The van der Waals surface area contributed by atoms with Gasteiger partial charge in [0.15, 0.2) is 6.61 Å². The lowest BCUT2D eigenvalue weighted by molar-refractivity contribution is -0.759. The van der Waals surface area contributed by atoms with E-state index in [0.717, 1.165) is 22.1 Å².